The Morgan fingerprint density at radius 2 is 2.12 bits per heavy atom. The monoisotopic (exact) mass is 218 g/mol. The predicted octanol–water partition coefficient (Wildman–Crippen LogP) is 2.41. The van der Waals surface area contributed by atoms with Gasteiger partial charge in [0.1, 0.15) is 11.9 Å². The van der Waals surface area contributed by atoms with Gasteiger partial charge in [0.05, 0.1) is 7.11 Å². The molecule has 0 radical (unpaired) electrons. The van der Waals surface area contributed by atoms with E-state index in [1.807, 2.05) is 36.4 Å². The zero-order valence-electron chi connectivity index (χ0n) is 9.18. The molecular formula is C13H14O3. The van der Waals surface area contributed by atoms with Gasteiger partial charge in [-0.15, -0.1) is 0 Å². The van der Waals surface area contributed by atoms with Crippen LogP contribution in [0.2, 0.25) is 0 Å². The van der Waals surface area contributed by atoms with Crippen molar-refractivity contribution in [1.29, 1.82) is 0 Å². The summed E-state index contributed by atoms with van der Waals surface area (Å²) < 4.78 is 10.1. The van der Waals surface area contributed by atoms with Crippen LogP contribution in [-0.2, 0) is 9.53 Å². The fourth-order valence-corrected chi connectivity index (χ4v) is 1.62. The van der Waals surface area contributed by atoms with Crippen LogP contribution in [0.3, 0.4) is 0 Å². The van der Waals surface area contributed by atoms with E-state index in [0.717, 1.165) is 17.7 Å². The molecule has 1 aromatic carbocycles. The molecule has 0 saturated carbocycles. The summed E-state index contributed by atoms with van der Waals surface area (Å²) in [5, 5.41) is 0. The normalized spacial score (nSPS) is 20.1. The van der Waals surface area contributed by atoms with E-state index in [9.17, 15) is 4.79 Å². The maximum absolute atomic E-state index is 10.9. The molecule has 3 nitrogen and oxygen atoms in total. The summed E-state index contributed by atoms with van der Waals surface area (Å²) in [5.74, 6) is 0.730. The van der Waals surface area contributed by atoms with Gasteiger partial charge in [-0.3, -0.25) is 4.79 Å². The van der Waals surface area contributed by atoms with Crippen LogP contribution >= 0.6 is 0 Å². The molecule has 1 aromatic rings. The zero-order valence-corrected chi connectivity index (χ0v) is 9.18. The molecule has 84 valence electrons. The molecule has 1 aliphatic rings. The lowest BCUT2D eigenvalue weighted by atomic mass is 10.1. The lowest BCUT2D eigenvalue weighted by Gasteiger charge is -2.02. The first-order valence-corrected chi connectivity index (χ1v) is 5.29. The van der Waals surface area contributed by atoms with Crippen molar-refractivity contribution < 1.29 is 14.3 Å². The summed E-state index contributed by atoms with van der Waals surface area (Å²) >= 11 is 0. The maximum Gasteiger partial charge on any atom is 0.306 e. The van der Waals surface area contributed by atoms with Gasteiger partial charge in [0.2, 0.25) is 0 Å². The minimum atomic E-state index is -0.107. The van der Waals surface area contributed by atoms with Crippen molar-refractivity contribution in [3.63, 3.8) is 0 Å². The molecule has 3 heteroatoms. The average molecular weight is 218 g/mol. The lowest BCUT2D eigenvalue weighted by molar-refractivity contribution is -0.139. The molecule has 1 aliphatic heterocycles. The highest BCUT2D eigenvalue weighted by Gasteiger charge is 2.20. The summed E-state index contributed by atoms with van der Waals surface area (Å²) in [4.78, 5) is 10.9. The molecule has 0 aromatic heterocycles. The van der Waals surface area contributed by atoms with Gasteiger partial charge >= 0.3 is 5.97 Å². The van der Waals surface area contributed by atoms with Crippen LogP contribution in [0.1, 0.15) is 18.4 Å². The van der Waals surface area contributed by atoms with E-state index in [1.165, 1.54) is 0 Å². The van der Waals surface area contributed by atoms with Gasteiger partial charge in [-0.05, 0) is 30.2 Å². The molecule has 0 aliphatic carbocycles. The number of carbonyl (C=O) groups is 1. The number of carbonyl (C=O) groups excluding carboxylic acids is 1. The van der Waals surface area contributed by atoms with E-state index < -0.39 is 0 Å². The number of benzene rings is 1. The second kappa shape index (κ2) is 4.84. The van der Waals surface area contributed by atoms with Crippen LogP contribution in [0, 0.1) is 0 Å². The summed E-state index contributed by atoms with van der Waals surface area (Å²) in [6.45, 7) is 0. The van der Waals surface area contributed by atoms with Gasteiger partial charge in [0, 0.05) is 6.42 Å². The Kier molecular flexibility index (Phi) is 3.25. The zero-order chi connectivity index (χ0) is 11.4. The van der Waals surface area contributed by atoms with E-state index in [4.69, 9.17) is 9.47 Å². The maximum atomic E-state index is 10.9. The quantitative estimate of drug-likeness (QED) is 0.731. The SMILES string of the molecule is COc1ccc(/C=C/C2CCC(=O)O2)cc1. The second-order valence-corrected chi connectivity index (χ2v) is 3.70. The van der Waals surface area contributed by atoms with E-state index in [2.05, 4.69) is 0 Å². The first kappa shape index (κ1) is 10.7. The molecule has 1 saturated heterocycles. The Morgan fingerprint density at radius 3 is 2.69 bits per heavy atom. The number of hydrogen-bond donors (Lipinski definition) is 0. The van der Waals surface area contributed by atoms with Crippen LogP contribution in [0.15, 0.2) is 30.3 Å². The number of methoxy groups -OCH3 is 1. The van der Waals surface area contributed by atoms with Crippen LogP contribution in [0.5, 0.6) is 5.75 Å². The number of ether oxygens (including phenoxy) is 2. The molecule has 1 fully saturated rings. The third kappa shape index (κ3) is 2.63. The van der Waals surface area contributed by atoms with Crippen molar-refractivity contribution in [2.45, 2.75) is 18.9 Å². The van der Waals surface area contributed by atoms with Crippen molar-refractivity contribution in [2.75, 3.05) is 7.11 Å². The highest BCUT2D eigenvalue weighted by molar-refractivity contribution is 5.72. The summed E-state index contributed by atoms with van der Waals surface area (Å²) in [6, 6.07) is 7.73. The average Bonchev–Trinajstić information content (AvgIpc) is 2.73. The van der Waals surface area contributed by atoms with Crippen LogP contribution in [-0.4, -0.2) is 19.2 Å². The Labute approximate surface area is 94.7 Å². The molecule has 0 bridgehead atoms. The third-order valence-electron chi connectivity index (χ3n) is 2.53. The van der Waals surface area contributed by atoms with Gasteiger partial charge in [-0.25, -0.2) is 0 Å². The molecule has 2 rings (SSSR count). The summed E-state index contributed by atoms with van der Waals surface area (Å²) in [7, 11) is 1.64. The van der Waals surface area contributed by atoms with E-state index in [1.54, 1.807) is 7.11 Å². The number of rotatable bonds is 3. The van der Waals surface area contributed by atoms with Crippen molar-refractivity contribution in [3.8, 4) is 5.75 Å². The molecule has 1 heterocycles. The van der Waals surface area contributed by atoms with Crippen molar-refractivity contribution in [3.05, 3.63) is 35.9 Å². The van der Waals surface area contributed by atoms with E-state index in [0.29, 0.717) is 6.42 Å². The van der Waals surface area contributed by atoms with E-state index in [-0.39, 0.29) is 12.1 Å². The molecule has 16 heavy (non-hydrogen) atoms. The summed E-state index contributed by atoms with van der Waals surface area (Å²) in [5.41, 5.74) is 1.07. The van der Waals surface area contributed by atoms with Gasteiger partial charge in [-0.2, -0.15) is 0 Å². The standard InChI is InChI=1S/C13H14O3/c1-15-11-5-2-10(3-6-11)4-7-12-8-9-13(14)16-12/h2-7,12H,8-9H2,1H3/b7-4+. The second-order valence-electron chi connectivity index (χ2n) is 3.70. The van der Waals surface area contributed by atoms with Crippen LogP contribution < -0.4 is 4.74 Å². The van der Waals surface area contributed by atoms with Crippen LogP contribution in [0.4, 0.5) is 0 Å². The Morgan fingerprint density at radius 1 is 1.38 bits per heavy atom. The first-order valence-electron chi connectivity index (χ1n) is 5.29. The van der Waals surface area contributed by atoms with Crippen molar-refractivity contribution >= 4 is 12.0 Å². The number of hydrogen-bond acceptors (Lipinski definition) is 3. The molecule has 0 N–H and O–H groups in total. The third-order valence-corrected chi connectivity index (χ3v) is 2.53. The van der Waals surface area contributed by atoms with Gasteiger partial charge in [-0.1, -0.05) is 18.2 Å². The van der Waals surface area contributed by atoms with Crippen molar-refractivity contribution in [2.24, 2.45) is 0 Å². The smallest absolute Gasteiger partial charge is 0.306 e. The highest BCUT2D eigenvalue weighted by Crippen LogP contribution is 2.17. The van der Waals surface area contributed by atoms with Gasteiger partial charge in [0.15, 0.2) is 0 Å². The molecule has 0 amide bonds. The summed E-state index contributed by atoms with van der Waals surface area (Å²) in [6.07, 6.45) is 5.13. The minimum Gasteiger partial charge on any atom is -0.497 e. The van der Waals surface area contributed by atoms with E-state index >= 15 is 0 Å². The Balaban J connectivity index is 1.97. The number of esters is 1. The molecule has 1 unspecified atom stereocenters. The Hall–Kier alpha value is -1.77. The highest BCUT2D eigenvalue weighted by atomic mass is 16.5. The fourth-order valence-electron chi connectivity index (χ4n) is 1.62. The first-order chi connectivity index (χ1) is 7.78. The van der Waals surface area contributed by atoms with Crippen LogP contribution in [0.25, 0.3) is 6.08 Å². The topological polar surface area (TPSA) is 35.5 Å². The van der Waals surface area contributed by atoms with Crippen molar-refractivity contribution in [1.82, 2.24) is 0 Å². The lowest BCUT2D eigenvalue weighted by Crippen LogP contribution is -2.01. The molecular weight excluding hydrogens is 204 g/mol. The largest absolute Gasteiger partial charge is 0.497 e. The fraction of sp³-hybridized carbons (Fsp3) is 0.308. The van der Waals surface area contributed by atoms with Gasteiger partial charge < -0.3 is 9.47 Å². The number of cyclic esters (lactones) is 1. The molecule has 0 spiro atoms. The van der Waals surface area contributed by atoms with Gasteiger partial charge in [0.25, 0.3) is 0 Å². The Bertz CT molecular complexity index is 392. The predicted molar refractivity (Wildman–Crippen MR) is 61.1 cm³/mol. The molecule has 1 atom stereocenters. The minimum absolute atomic E-state index is 0.0606.